The van der Waals surface area contributed by atoms with Crippen LogP contribution in [0.25, 0.3) is 0 Å². The van der Waals surface area contributed by atoms with Crippen molar-refractivity contribution in [1.82, 2.24) is 4.90 Å². The van der Waals surface area contributed by atoms with Crippen LogP contribution in [0.3, 0.4) is 0 Å². The van der Waals surface area contributed by atoms with Gasteiger partial charge in [-0.3, -0.25) is 9.69 Å². The van der Waals surface area contributed by atoms with Crippen LogP contribution < -0.4 is 0 Å². The van der Waals surface area contributed by atoms with E-state index >= 15 is 0 Å². The zero-order chi connectivity index (χ0) is 9.26. The van der Waals surface area contributed by atoms with Gasteiger partial charge in [0.15, 0.2) is 0 Å². The van der Waals surface area contributed by atoms with E-state index in [4.69, 9.17) is 0 Å². The van der Waals surface area contributed by atoms with Crippen LogP contribution in [0.4, 0.5) is 0 Å². The first kappa shape index (κ1) is 9.20. The van der Waals surface area contributed by atoms with Crippen molar-refractivity contribution in [3.8, 4) is 0 Å². The molecule has 2 rings (SSSR count). The predicted octanol–water partition coefficient (Wildman–Crippen LogP) is 1.98. The molecule has 2 atom stereocenters. The van der Waals surface area contributed by atoms with E-state index < -0.39 is 0 Å². The standard InChI is InChI=1S/C11H19NO/c1-12-9-5-3-2-4-6-10(12)8-11(13)7-9/h9-10H,2-8H2,1H3. The number of carbonyl (C=O) groups excluding carboxylic acids is 1. The molecular weight excluding hydrogens is 162 g/mol. The van der Waals surface area contributed by atoms with E-state index in [0.717, 1.165) is 12.8 Å². The Morgan fingerprint density at radius 2 is 1.62 bits per heavy atom. The summed E-state index contributed by atoms with van der Waals surface area (Å²) in [5.41, 5.74) is 0. The van der Waals surface area contributed by atoms with Crippen molar-refractivity contribution in [3.63, 3.8) is 0 Å². The number of fused-ring (bicyclic) bond motifs is 2. The number of piperidine rings is 1. The first-order valence-electron chi connectivity index (χ1n) is 5.51. The Morgan fingerprint density at radius 1 is 1.08 bits per heavy atom. The molecule has 2 aliphatic heterocycles. The van der Waals surface area contributed by atoms with Gasteiger partial charge in [0.2, 0.25) is 0 Å². The second-order valence-corrected chi connectivity index (χ2v) is 4.56. The molecule has 2 heterocycles. The molecule has 0 radical (unpaired) electrons. The molecule has 2 aliphatic rings. The Bertz CT molecular complexity index is 184. The average Bonchev–Trinajstić information content (AvgIpc) is 2.11. The summed E-state index contributed by atoms with van der Waals surface area (Å²) < 4.78 is 0. The summed E-state index contributed by atoms with van der Waals surface area (Å²) in [6.45, 7) is 0. The molecule has 0 N–H and O–H groups in total. The van der Waals surface area contributed by atoms with Crippen LogP contribution in [0.1, 0.15) is 44.9 Å². The van der Waals surface area contributed by atoms with E-state index in [0.29, 0.717) is 17.9 Å². The van der Waals surface area contributed by atoms with Crippen LogP contribution in [-0.2, 0) is 4.79 Å². The molecule has 0 amide bonds. The second kappa shape index (κ2) is 3.79. The van der Waals surface area contributed by atoms with Gasteiger partial charge in [0.25, 0.3) is 0 Å². The molecule has 0 spiro atoms. The van der Waals surface area contributed by atoms with E-state index in [1.165, 1.54) is 32.1 Å². The van der Waals surface area contributed by atoms with Crippen molar-refractivity contribution in [3.05, 3.63) is 0 Å². The largest absolute Gasteiger partial charge is 0.300 e. The van der Waals surface area contributed by atoms with E-state index in [9.17, 15) is 4.79 Å². The maximum Gasteiger partial charge on any atom is 0.136 e. The van der Waals surface area contributed by atoms with Crippen molar-refractivity contribution in [1.29, 1.82) is 0 Å². The Hall–Kier alpha value is -0.370. The fourth-order valence-corrected chi connectivity index (χ4v) is 2.74. The van der Waals surface area contributed by atoms with E-state index in [1.54, 1.807) is 0 Å². The summed E-state index contributed by atoms with van der Waals surface area (Å²) in [6, 6.07) is 1.12. The minimum Gasteiger partial charge on any atom is -0.300 e. The number of nitrogens with zero attached hydrogens (tertiary/aromatic N) is 1. The van der Waals surface area contributed by atoms with Gasteiger partial charge >= 0.3 is 0 Å². The van der Waals surface area contributed by atoms with Crippen molar-refractivity contribution >= 4 is 5.78 Å². The summed E-state index contributed by atoms with van der Waals surface area (Å²) >= 11 is 0. The van der Waals surface area contributed by atoms with Gasteiger partial charge < -0.3 is 0 Å². The lowest BCUT2D eigenvalue weighted by atomic mass is 9.87. The number of rotatable bonds is 0. The van der Waals surface area contributed by atoms with Gasteiger partial charge in [-0.15, -0.1) is 0 Å². The molecule has 74 valence electrons. The minimum absolute atomic E-state index is 0.495. The fraction of sp³-hybridized carbons (Fsp3) is 0.909. The summed E-state index contributed by atoms with van der Waals surface area (Å²) in [4.78, 5) is 13.9. The van der Waals surface area contributed by atoms with E-state index in [-0.39, 0.29) is 0 Å². The molecule has 2 nitrogen and oxygen atoms in total. The zero-order valence-electron chi connectivity index (χ0n) is 8.46. The summed E-state index contributed by atoms with van der Waals surface area (Å²) in [5.74, 6) is 0.495. The normalized spacial score (nSPS) is 36.8. The third-order valence-electron chi connectivity index (χ3n) is 3.65. The Balaban J connectivity index is 2.08. The van der Waals surface area contributed by atoms with Crippen molar-refractivity contribution in [2.75, 3.05) is 7.05 Å². The average molecular weight is 181 g/mol. The lowest BCUT2D eigenvalue weighted by Gasteiger charge is -2.40. The highest BCUT2D eigenvalue weighted by molar-refractivity contribution is 5.80. The van der Waals surface area contributed by atoms with Crippen LogP contribution in [0.5, 0.6) is 0 Å². The summed E-state index contributed by atoms with van der Waals surface area (Å²) in [7, 11) is 2.20. The molecule has 0 aromatic carbocycles. The van der Waals surface area contributed by atoms with E-state index in [2.05, 4.69) is 11.9 Å². The number of hydrogen-bond acceptors (Lipinski definition) is 2. The van der Waals surface area contributed by atoms with Gasteiger partial charge in [0, 0.05) is 24.9 Å². The number of Topliss-reactive ketones (excluding diaryl/α,β-unsaturated/α-hetero) is 1. The Labute approximate surface area is 80.3 Å². The minimum atomic E-state index is 0.495. The predicted molar refractivity (Wildman–Crippen MR) is 52.7 cm³/mol. The van der Waals surface area contributed by atoms with Crippen LogP contribution in [-0.4, -0.2) is 29.8 Å². The maximum atomic E-state index is 11.5. The molecule has 2 unspecified atom stereocenters. The lowest BCUT2D eigenvalue weighted by Crippen LogP contribution is -2.47. The van der Waals surface area contributed by atoms with Gasteiger partial charge in [0.05, 0.1) is 0 Å². The smallest absolute Gasteiger partial charge is 0.136 e. The Morgan fingerprint density at radius 3 is 2.15 bits per heavy atom. The van der Waals surface area contributed by atoms with Crippen LogP contribution in [0, 0.1) is 0 Å². The van der Waals surface area contributed by atoms with Gasteiger partial charge in [-0.05, 0) is 19.9 Å². The first-order chi connectivity index (χ1) is 6.27. The number of hydrogen-bond donors (Lipinski definition) is 0. The molecule has 2 fully saturated rings. The highest BCUT2D eigenvalue weighted by atomic mass is 16.1. The molecule has 0 aliphatic carbocycles. The molecule has 13 heavy (non-hydrogen) atoms. The molecule has 2 saturated heterocycles. The fourth-order valence-electron chi connectivity index (χ4n) is 2.74. The van der Waals surface area contributed by atoms with Crippen molar-refractivity contribution < 1.29 is 4.79 Å². The third-order valence-corrected chi connectivity index (χ3v) is 3.65. The Kier molecular flexibility index (Phi) is 2.68. The van der Waals surface area contributed by atoms with E-state index in [1.807, 2.05) is 0 Å². The molecular formula is C11H19NO. The van der Waals surface area contributed by atoms with Crippen LogP contribution >= 0.6 is 0 Å². The number of carbonyl (C=O) groups is 1. The van der Waals surface area contributed by atoms with Gasteiger partial charge in [-0.2, -0.15) is 0 Å². The van der Waals surface area contributed by atoms with Gasteiger partial charge in [0.1, 0.15) is 5.78 Å². The summed E-state index contributed by atoms with van der Waals surface area (Å²) in [5, 5.41) is 0. The van der Waals surface area contributed by atoms with Gasteiger partial charge in [-0.25, -0.2) is 0 Å². The van der Waals surface area contributed by atoms with Crippen LogP contribution in [0.2, 0.25) is 0 Å². The number of ketones is 1. The molecule has 0 aromatic rings. The lowest BCUT2D eigenvalue weighted by molar-refractivity contribution is -0.125. The highest BCUT2D eigenvalue weighted by Crippen LogP contribution is 2.28. The first-order valence-corrected chi connectivity index (χ1v) is 5.51. The quantitative estimate of drug-likeness (QED) is 0.569. The maximum absolute atomic E-state index is 11.5. The SMILES string of the molecule is CN1C2CCCCCC1CC(=O)C2. The zero-order valence-corrected chi connectivity index (χ0v) is 8.46. The second-order valence-electron chi connectivity index (χ2n) is 4.56. The van der Waals surface area contributed by atoms with Gasteiger partial charge in [-0.1, -0.05) is 19.3 Å². The van der Waals surface area contributed by atoms with Crippen molar-refractivity contribution in [2.24, 2.45) is 0 Å². The topological polar surface area (TPSA) is 20.3 Å². The summed E-state index contributed by atoms with van der Waals surface area (Å²) in [6.07, 6.45) is 8.09. The molecule has 2 heteroatoms. The molecule has 2 bridgehead atoms. The molecule has 0 aromatic heterocycles. The van der Waals surface area contributed by atoms with Crippen LogP contribution in [0.15, 0.2) is 0 Å². The third kappa shape index (κ3) is 1.93. The monoisotopic (exact) mass is 181 g/mol. The molecule has 0 saturated carbocycles. The van der Waals surface area contributed by atoms with Crippen molar-refractivity contribution in [2.45, 2.75) is 57.0 Å². The highest BCUT2D eigenvalue weighted by Gasteiger charge is 2.32.